The van der Waals surface area contributed by atoms with Gasteiger partial charge in [0.2, 0.25) is 33.3 Å². The zero-order chi connectivity index (χ0) is 40.8. The van der Waals surface area contributed by atoms with Crippen molar-refractivity contribution in [2.45, 2.75) is 113 Å². The van der Waals surface area contributed by atoms with Crippen LogP contribution in [-0.2, 0) is 29.1 Å². The molecule has 18 heteroatoms. The van der Waals surface area contributed by atoms with Gasteiger partial charge in [0.1, 0.15) is 29.5 Å². The average molecular weight is 808 g/mol. The molecule has 3 fully saturated rings. The predicted molar refractivity (Wildman–Crippen MR) is 197 cm³/mol. The van der Waals surface area contributed by atoms with E-state index in [1.165, 1.54) is 18.2 Å². The summed E-state index contributed by atoms with van der Waals surface area (Å²) in [4.78, 5) is 61.5. The lowest BCUT2D eigenvalue weighted by atomic mass is 9.92. The first-order valence-corrected chi connectivity index (χ1v) is 20.3. The minimum absolute atomic E-state index is 0.0251. The van der Waals surface area contributed by atoms with Gasteiger partial charge in [-0.15, -0.1) is 0 Å². The number of methoxy groups -OCH3 is 1. The summed E-state index contributed by atoms with van der Waals surface area (Å²) in [7, 11) is -2.48. The molecular weight excluding hydrogens is 760 g/mol. The number of hydrogen-bond donors (Lipinski definition) is 3. The molecule has 6 rings (SSSR count). The highest BCUT2D eigenvalue weighted by Crippen LogP contribution is 2.46. The molecule has 306 valence electrons. The van der Waals surface area contributed by atoms with Gasteiger partial charge in [0.05, 0.1) is 25.1 Å². The van der Waals surface area contributed by atoms with E-state index < -0.39 is 86.4 Å². The molecule has 1 saturated heterocycles. The van der Waals surface area contributed by atoms with Crippen molar-refractivity contribution in [2.24, 2.45) is 17.8 Å². The molecule has 0 radical (unpaired) electrons. The third-order valence-electron chi connectivity index (χ3n) is 11.2. The van der Waals surface area contributed by atoms with Gasteiger partial charge in [-0.25, -0.2) is 18.2 Å². The fourth-order valence-electron chi connectivity index (χ4n) is 7.32. The van der Waals surface area contributed by atoms with Crippen LogP contribution in [0.5, 0.6) is 11.6 Å². The molecule has 2 aliphatic carbocycles. The topological polar surface area (TPSA) is 182 Å². The summed E-state index contributed by atoms with van der Waals surface area (Å²) in [6.07, 6.45) is 0.291. The molecule has 14 nitrogen and oxygen atoms in total. The summed E-state index contributed by atoms with van der Waals surface area (Å²) in [5.41, 5.74) is -4.51. The number of nitrogens with zero attached hydrogens (tertiary/aromatic N) is 2. The number of benzene rings is 1. The largest absolute Gasteiger partial charge is 0.494 e. The lowest BCUT2D eigenvalue weighted by Gasteiger charge is -2.33. The molecule has 1 aromatic heterocycles. The monoisotopic (exact) mass is 807 g/mol. The molecule has 56 heavy (non-hydrogen) atoms. The van der Waals surface area contributed by atoms with Crippen molar-refractivity contribution in [3.8, 4) is 11.6 Å². The molecule has 2 aliphatic heterocycles. The molecule has 4 amide bonds. The first-order chi connectivity index (χ1) is 26.3. The van der Waals surface area contributed by atoms with Crippen LogP contribution in [0.2, 0.25) is 0 Å². The second kappa shape index (κ2) is 15.4. The van der Waals surface area contributed by atoms with Gasteiger partial charge in [0, 0.05) is 23.1 Å². The standard InChI is InChI=1S/C38H48F3N5O9S/c1-21-9-8-10-22(2)30(43-35(50)55-36(3,4)38(39,40)41)33(48)46-20-24(54-32-27-12-7-6-11-26(27)29(53-5)19-42-32)17-28(46)31(47)44-37(18-23(37)14-13-21)34(49)45-56(51,52)25-15-16-25/h6-7,11-14,19,21-25,28,30H,8-10,15-18,20H2,1-5H3,(H,43,50)(H,44,47)(H,45,49)/b14-13-/t21-,22+,23+,24+,28-,30-,37+/m0/s1. The number of halogens is 3. The van der Waals surface area contributed by atoms with Gasteiger partial charge in [0.15, 0.2) is 0 Å². The number of amides is 4. The molecule has 0 spiro atoms. The van der Waals surface area contributed by atoms with E-state index in [0.717, 1.165) is 0 Å². The molecule has 0 unspecified atom stereocenters. The minimum Gasteiger partial charge on any atom is -0.494 e. The SMILES string of the molecule is COc1cnc(O[C@@H]2C[C@H]3C(=O)N[C@]4(C(=O)NS(=O)(=O)C5CC5)C[C@H]4/C=C\[C@@H](C)CCC[C@@H](C)[C@H](NC(=O)OC(C)(C)C(F)(F)F)C(=O)N3C2)c2ccccc12. The van der Waals surface area contributed by atoms with E-state index >= 15 is 0 Å². The van der Waals surface area contributed by atoms with Crippen LogP contribution in [0.1, 0.15) is 72.6 Å². The van der Waals surface area contributed by atoms with Gasteiger partial charge in [-0.1, -0.05) is 50.6 Å². The molecule has 1 aromatic carbocycles. The first-order valence-electron chi connectivity index (χ1n) is 18.8. The average Bonchev–Trinajstić information content (AvgIpc) is 4.05. The van der Waals surface area contributed by atoms with Crippen LogP contribution < -0.4 is 24.8 Å². The highest BCUT2D eigenvalue weighted by Gasteiger charge is 2.62. The second-order valence-corrected chi connectivity index (χ2v) is 17.9. The van der Waals surface area contributed by atoms with Crippen LogP contribution in [-0.4, -0.2) is 96.5 Å². The quantitative estimate of drug-likeness (QED) is 0.321. The van der Waals surface area contributed by atoms with Crippen molar-refractivity contribution in [3.63, 3.8) is 0 Å². The number of rotatable bonds is 8. The number of hydrogen-bond acceptors (Lipinski definition) is 10. The number of carbonyl (C=O) groups is 4. The number of aromatic nitrogens is 1. The summed E-state index contributed by atoms with van der Waals surface area (Å²) in [6.45, 7) is 4.79. The van der Waals surface area contributed by atoms with Gasteiger partial charge in [-0.05, 0) is 63.9 Å². The van der Waals surface area contributed by atoms with Gasteiger partial charge in [-0.3, -0.25) is 19.1 Å². The Morgan fingerprint density at radius 2 is 1.73 bits per heavy atom. The van der Waals surface area contributed by atoms with E-state index in [4.69, 9.17) is 14.2 Å². The fraction of sp³-hybridized carbons (Fsp3) is 0.605. The van der Waals surface area contributed by atoms with Crippen LogP contribution in [0, 0.1) is 17.8 Å². The molecule has 4 aliphatic rings. The maximum atomic E-state index is 14.6. The number of pyridine rings is 1. The Bertz CT molecular complexity index is 2010. The van der Waals surface area contributed by atoms with Crippen LogP contribution in [0.3, 0.4) is 0 Å². The molecule has 7 atom stereocenters. The van der Waals surface area contributed by atoms with E-state index in [-0.39, 0.29) is 31.2 Å². The lowest BCUT2D eigenvalue weighted by molar-refractivity contribution is -0.244. The molecule has 2 saturated carbocycles. The van der Waals surface area contributed by atoms with Crippen LogP contribution >= 0.6 is 0 Å². The van der Waals surface area contributed by atoms with E-state index in [1.807, 2.05) is 25.1 Å². The molecular formula is C38H48F3N5O9S. The summed E-state index contributed by atoms with van der Waals surface area (Å²) >= 11 is 0. The zero-order valence-electron chi connectivity index (χ0n) is 31.9. The number of allylic oxidation sites excluding steroid dienone is 1. The minimum atomic E-state index is -4.91. The zero-order valence-corrected chi connectivity index (χ0v) is 32.7. The maximum absolute atomic E-state index is 14.6. The molecule has 3 heterocycles. The van der Waals surface area contributed by atoms with Crippen molar-refractivity contribution in [1.82, 2.24) is 25.2 Å². The third kappa shape index (κ3) is 8.54. The second-order valence-electron chi connectivity index (χ2n) is 15.9. The molecule has 3 N–H and O–H groups in total. The number of carbonyl (C=O) groups excluding carboxylic acids is 4. The Balaban J connectivity index is 1.35. The van der Waals surface area contributed by atoms with Crippen molar-refractivity contribution < 1.29 is 55.0 Å². The van der Waals surface area contributed by atoms with Crippen molar-refractivity contribution in [2.75, 3.05) is 13.7 Å². The first kappa shape index (κ1) is 41.0. The number of alkyl halides is 3. The van der Waals surface area contributed by atoms with Crippen LogP contribution in [0.25, 0.3) is 10.8 Å². The number of alkyl carbamates (subject to hydrolysis) is 1. The number of sulfonamides is 1. The number of fused-ring (bicyclic) bond motifs is 3. The summed E-state index contributed by atoms with van der Waals surface area (Å²) < 4.78 is 85.5. The highest BCUT2D eigenvalue weighted by atomic mass is 32.2. The summed E-state index contributed by atoms with van der Waals surface area (Å²) in [5, 5.41) is 5.73. The van der Waals surface area contributed by atoms with E-state index in [0.29, 0.717) is 62.5 Å². The lowest BCUT2D eigenvalue weighted by Crippen LogP contribution is -2.59. The van der Waals surface area contributed by atoms with Crippen molar-refractivity contribution >= 4 is 44.6 Å². The van der Waals surface area contributed by atoms with Crippen molar-refractivity contribution in [3.05, 3.63) is 42.6 Å². The molecule has 2 aromatic rings. The third-order valence-corrected chi connectivity index (χ3v) is 13.0. The van der Waals surface area contributed by atoms with E-state index in [9.17, 15) is 40.8 Å². The maximum Gasteiger partial charge on any atom is 0.427 e. The highest BCUT2D eigenvalue weighted by molar-refractivity contribution is 7.91. The number of ether oxygens (including phenoxy) is 3. The van der Waals surface area contributed by atoms with E-state index in [1.54, 1.807) is 25.1 Å². The Labute approximate surface area is 323 Å². The smallest absolute Gasteiger partial charge is 0.427 e. The van der Waals surface area contributed by atoms with Gasteiger partial charge < -0.3 is 29.7 Å². The molecule has 0 bridgehead atoms. The Morgan fingerprint density at radius 1 is 1.04 bits per heavy atom. The van der Waals surface area contributed by atoms with Crippen LogP contribution in [0.15, 0.2) is 42.6 Å². The van der Waals surface area contributed by atoms with Crippen LogP contribution in [0.4, 0.5) is 18.0 Å². The normalized spacial score (nSPS) is 29.5. The number of nitrogens with one attached hydrogen (secondary N) is 3. The van der Waals surface area contributed by atoms with Gasteiger partial charge in [0.25, 0.3) is 5.91 Å². The fourth-order valence-corrected chi connectivity index (χ4v) is 8.68. The van der Waals surface area contributed by atoms with E-state index in [2.05, 4.69) is 20.3 Å². The van der Waals surface area contributed by atoms with Crippen molar-refractivity contribution in [1.29, 1.82) is 0 Å². The summed E-state index contributed by atoms with van der Waals surface area (Å²) in [6, 6.07) is 4.42. The van der Waals surface area contributed by atoms with Gasteiger partial charge in [-0.2, -0.15) is 13.2 Å². The summed E-state index contributed by atoms with van der Waals surface area (Å²) in [5.74, 6) is -2.96. The Morgan fingerprint density at radius 3 is 2.39 bits per heavy atom. The Kier molecular flexibility index (Phi) is 11.3. The Hall–Kier alpha value is -4.61. The predicted octanol–water partition coefficient (Wildman–Crippen LogP) is 4.52. The van der Waals surface area contributed by atoms with Gasteiger partial charge >= 0.3 is 12.3 Å².